The number of alkyl halides is 5. The molecule has 1 fully saturated rings. The van der Waals surface area contributed by atoms with Gasteiger partial charge in [-0.15, -0.1) is 0 Å². The molecule has 43 heavy (non-hydrogen) atoms. The molecule has 0 atom stereocenters. The van der Waals surface area contributed by atoms with Gasteiger partial charge in [0.2, 0.25) is 0 Å². The third-order valence-corrected chi connectivity index (χ3v) is 2.68. The lowest BCUT2D eigenvalue weighted by molar-refractivity contribution is -0.205. The molecule has 0 aromatic carbocycles. The van der Waals surface area contributed by atoms with E-state index in [-0.39, 0.29) is 0 Å². The molecule has 1 aliphatic rings. The van der Waals surface area contributed by atoms with Crippen molar-refractivity contribution in [1.29, 1.82) is 0 Å². The molecule has 1 rings (SSSR count). The quantitative estimate of drug-likeness (QED) is 0.287. The molecular weight excluding hydrogens is 601 g/mol. The van der Waals surface area contributed by atoms with E-state index >= 15 is 0 Å². The van der Waals surface area contributed by atoms with Crippen LogP contribution in [-0.2, 0) is 33.5 Å². The van der Waals surface area contributed by atoms with Gasteiger partial charge in [-0.25, -0.2) is 12.8 Å². The van der Waals surface area contributed by atoms with Gasteiger partial charge in [0.15, 0.2) is 0 Å². The first kappa shape index (κ1) is 61.4. The average Bonchev–Trinajstić information content (AvgIpc) is 3.63. The second kappa shape index (κ2) is 45.8. The maximum atomic E-state index is 11.2. The zero-order valence-electron chi connectivity index (χ0n) is 30.7. The van der Waals surface area contributed by atoms with Crippen LogP contribution in [0.2, 0.25) is 0 Å². The average molecular weight is 672 g/mol. The summed E-state index contributed by atoms with van der Waals surface area (Å²) in [7, 11) is 7.90. The standard InChI is InChI=1S/C5H10O.C4H11N.C4H10O.C4H10.C3H6F2O.C3H7F.C2H4F2O.C2H6O2S.C2H6O/c1-6-4-5-2-3-5;2*1-4(2)5-3;1-4(2)3;1-3(4,5)6-2;1-3(2)4;1-5-2(3)4;1-5(2,3)4;1-3-2/h5H,2-4H2,1H3;4-5H,1-3H3;4H,1-3H3;4H,1-3H3;1-2H3;3H,1-2H3;2H,1H3;1-2H3;1-2H3. The molecule has 0 aromatic heterocycles. The van der Waals surface area contributed by atoms with E-state index < -0.39 is 28.7 Å². The molecule has 0 aliphatic heterocycles. The number of ether oxygens (including phenoxy) is 5. The molecule has 0 heterocycles. The van der Waals surface area contributed by atoms with Crippen LogP contribution in [0.5, 0.6) is 0 Å². The highest BCUT2D eigenvalue weighted by molar-refractivity contribution is 7.89. The van der Waals surface area contributed by atoms with E-state index in [4.69, 9.17) is 9.47 Å². The van der Waals surface area contributed by atoms with Gasteiger partial charge in [-0.1, -0.05) is 34.6 Å². The Morgan fingerprint density at radius 3 is 1.00 bits per heavy atom. The van der Waals surface area contributed by atoms with Gasteiger partial charge in [0.25, 0.3) is 0 Å². The lowest BCUT2D eigenvalue weighted by Crippen LogP contribution is -2.15. The number of methoxy groups -OCH3 is 5. The van der Waals surface area contributed by atoms with Crippen LogP contribution in [-0.4, -0.2) is 108 Å². The number of nitrogens with one attached hydrogen (secondary N) is 1. The summed E-state index contributed by atoms with van der Waals surface area (Å²) in [6.07, 6.45) is 1.87. The lowest BCUT2D eigenvalue weighted by atomic mass is 10.3. The Morgan fingerprint density at radius 2 is 0.977 bits per heavy atom. The molecular formula is C29H70F5NO7S. The van der Waals surface area contributed by atoms with Gasteiger partial charge in [0.05, 0.1) is 12.3 Å². The lowest BCUT2D eigenvalue weighted by Gasteiger charge is -2.03. The molecule has 0 bridgehead atoms. The molecule has 0 aromatic rings. The van der Waals surface area contributed by atoms with Crippen LogP contribution in [0, 0.1) is 11.8 Å². The van der Waals surface area contributed by atoms with E-state index in [0.717, 1.165) is 45.2 Å². The van der Waals surface area contributed by atoms with Crippen molar-refractivity contribution in [2.75, 3.05) is 68.8 Å². The van der Waals surface area contributed by atoms with Gasteiger partial charge in [0, 0.05) is 74.7 Å². The third kappa shape index (κ3) is 311. The molecule has 1 aliphatic carbocycles. The molecule has 1 N–H and O–H groups in total. The van der Waals surface area contributed by atoms with Gasteiger partial charge in [-0.2, -0.15) is 17.6 Å². The number of hydrogen-bond acceptors (Lipinski definition) is 8. The Kier molecular flexibility index (Phi) is 65.4. The highest BCUT2D eigenvalue weighted by atomic mass is 32.2. The van der Waals surface area contributed by atoms with Crippen molar-refractivity contribution in [3.05, 3.63) is 0 Å². The first-order valence-corrected chi connectivity index (χ1v) is 16.1. The highest BCUT2D eigenvalue weighted by Gasteiger charge is 2.20. The largest absolute Gasteiger partial charge is 0.388 e. The smallest absolute Gasteiger partial charge is 0.352 e. The molecule has 274 valence electrons. The molecule has 0 amide bonds. The molecule has 0 radical (unpaired) electrons. The summed E-state index contributed by atoms with van der Waals surface area (Å²) in [5.74, 6) is 1.76. The first-order chi connectivity index (χ1) is 19.2. The molecule has 14 heteroatoms. The van der Waals surface area contributed by atoms with Crippen LogP contribution in [0.15, 0.2) is 0 Å². The van der Waals surface area contributed by atoms with Crippen molar-refractivity contribution in [3.63, 3.8) is 0 Å². The van der Waals surface area contributed by atoms with E-state index in [0.29, 0.717) is 19.1 Å². The van der Waals surface area contributed by atoms with Gasteiger partial charge in [-0.3, -0.25) is 0 Å². The molecule has 1 saturated carbocycles. The Balaban J connectivity index is -0.0000000538. The van der Waals surface area contributed by atoms with Crippen molar-refractivity contribution in [3.8, 4) is 0 Å². The zero-order valence-corrected chi connectivity index (χ0v) is 31.6. The predicted molar refractivity (Wildman–Crippen MR) is 172 cm³/mol. The second-order valence-corrected chi connectivity index (χ2v) is 12.7. The van der Waals surface area contributed by atoms with Crippen molar-refractivity contribution in [1.82, 2.24) is 5.32 Å². The van der Waals surface area contributed by atoms with Crippen LogP contribution in [0.3, 0.4) is 0 Å². The summed E-state index contributed by atoms with van der Waals surface area (Å²) in [6, 6.07) is 0.634. The van der Waals surface area contributed by atoms with Crippen LogP contribution < -0.4 is 5.32 Å². The van der Waals surface area contributed by atoms with Gasteiger partial charge < -0.3 is 29.0 Å². The van der Waals surface area contributed by atoms with E-state index in [2.05, 4.69) is 54.1 Å². The fourth-order valence-corrected chi connectivity index (χ4v) is 0.520. The molecule has 0 spiro atoms. The molecule has 0 saturated heterocycles. The van der Waals surface area contributed by atoms with E-state index in [1.165, 1.54) is 26.7 Å². The normalized spacial score (nSPS) is 11.5. The summed E-state index contributed by atoms with van der Waals surface area (Å²) in [5, 5.41) is 3.03. The summed E-state index contributed by atoms with van der Waals surface area (Å²) in [4.78, 5) is 0. The molecule has 0 unspecified atom stereocenters. The van der Waals surface area contributed by atoms with E-state index in [1.807, 2.05) is 20.9 Å². The Hall–Kier alpha value is -0.640. The van der Waals surface area contributed by atoms with Crippen molar-refractivity contribution in [2.45, 2.75) is 113 Å². The minimum absolute atomic E-state index is 0.384. The van der Waals surface area contributed by atoms with Crippen LogP contribution >= 0.6 is 0 Å². The Morgan fingerprint density at radius 1 is 0.791 bits per heavy atom. The summed E-state index contributed by atoms with van der Waals surface area (Å²) >= 11 is 0. The fourth-order valence-electron chi connectivity index (χ4n) is 0.520. The third-order valence-electron chi connectivity index (χ3n) is 2.68. The van der Waals surface area contributed by atoms with Crippen molar-refractivity contribution in [2.24, 2.45) is 11.8 Å². The fraction of sp³-hybridized carbons (Fsp3) is 1.00. The number of halogens is 5. The first-order valence-electron chi connectivity index (χ1n) is 13.8. The van der Waals surface area contributed by atoms with Gasteiger partial charge >= 0.3 is 12.7 Å². The maximum Gasteiger partial charge on any atom is 0.352 e. The second-order valence-electron chi connectivity index (χ2n) is 10.4. The van der Waals surface area contributed by atoms with E-state index in [9.17, 15) is 30.4 Å². The van der Waals surface area contributed by atoms with E-state index in [1.54, 1.807) is 28.4 Å². The zero-order chi connectivity index (χ0) is 36.8. The number of sulfone groups is 1. The van der Waals surface area contributed by atoms with Crippen LogP contribution in [0.4, 0.5) is 22.0 Å². The minimum atomic E-state index is -2.96. The predicted octanol–water partition coefficient (Wildman–Crippen LogP) is 7.75. The Bertz CT molecular complexity index is 509. The van der Waals surface area contributed by atoms with Crippen molar-refractivity contribution < 1.29 is 54.1 Å². The number of hydrogen-bond donors (Lipinski definition) is 1. The van der Waals surface area contributed by atoms with Crippen LogP contribution in [0.25, 0.3) is 0 Å². The molecule has 8 nitrogen and oxygen atoms in total. The van der Waals surface area contributed by atoms with Gasteiger partial charge in [0.1, 0.15) is 9.84 Å². The van der Waals surface area contributed by atoms with Crippen LogP contribution in [0.1, 0.15) is 82.1 Å². The van der Waals surface area contributed by atoms with Crippen molar-refractivity contribution >= 4 is 9.84 Å². The maximum absolute atomic E-state index is 11.2. The Labute approximate surface area is 263 Å². The summed E-state index contributed by atoms with van der Waals surface area (Å²) in [5.41, 5.74) is 0. The topological polar surface area (TPSA) is 92.3 Å². The monoisotopic (exact) mass is 671 g/mol. The SMILES string of the molecule is CC(C)C.CC(C)F.CNC(C)C.COC.COC(C)(F)F.COC(C)C.COC(F)F.COCC1CC1.CS(C)(=O)=O. The highest BCUT2D eigenvalue weighted by Crippen LogP contribution is 2.28. The summed E-state index contributed by atoms with van der Waals surface area (Å²) in [6.45, 7) is 16.8. The van der Waals surface area contributed by atoms with Gasteiger partial charge in [-0.05, 0) is 59.4 Å². The summed E-state index contributed by atoms with van der Waals surface area (Å²) < 4.78 is 94.7. The minimum Gasteiger partial charge on any atom is -0.388 e. The number of rotatable bonds is 6.